The minimum Gasteiger partial charge on any atom is -0.490 e. The Morgan fingerprint density at radius 2 is 1.95 bits per heavy atom. The van der Waals surface area contributed by atoms with Crippen LogP contribution in [0.4, 0.5) is 11.4 Å². The number of rotatable bonds is 6. The van der Waals surface area contributed by atoms with Gasteiger partial charge in [0.1, 0.15) is 12.2 Å². The minimum atomic E-state index is -0.326. The van der Waals surface area contributed by atoms with Crippen LogP contribution in [0, 0.1) is 6.92 Å². The van der Waals surface area contributed by atoms with Crippen molar-refractivity contribution >= 4 is 46.3 Å². The summed E-state index contributed by atoms with van der Waals surface area (Å²) in [6.07, 6.45) is 4.45. The van der Waals surface area contributed by atoms with E-state index in [2.05, 4.69) is 15.4 Å². The second-order valence-corrected chi connectivity index (χ2v) is 10.1. The Balaban J connectivity index is 1.53. The zero-order valence-corrected chi connectivity index (χ0v) is 23.1. The first-order valence-corrected chi connectivity index (χ1v) is 13.6. The van der Waals surface area contributed by atoms with E-state index in [-0.39, 0.29) is 29.7 Å². The van der Waals surface area contributed by atoms with Crippen molar-refractivity contribution in [2.24, 2.45) is 0 Å². The van der Waals surface area contributed by atoms with Crippen molar-refractivity contribution in [3.63, 3.8) is 0 Å². The predicted molar refractivity (Wildman–Crippen MR) is 149 cm³/mol. The standard InChI is InChI=1S/C27H32ClN7O4/c1-4-19-8-9-20(15-21(19)28)29-23(37)16-34-17(2)24(33-12-10-32(11-13-33)18(3)36)26(38)35-27(34)30-25(31-35)22-7-5-6-14-39-22/h7-9,15H,4-6,10-14,16H2,1-3H3,(H,29,37). The lowest BCUT2D eigenvalue weighted by Gasteiger charge is -2.36. The number of anilines is 2. The van der Waals surface area contributed by atoms with Crippen LogP contribution in [0.2, 0.25) is 5.02 Å². The van der Waals surface area contributed by atoms with Crippen molar-refractivity contribution in [3.8, 4) is 0 Å². The summed E-state index contributed by atoms with van der Waals surface area (Å²) in [7, 11) is 0. The Morgan fingerprint density at radius 3 is 2.59 bits per heavy atom. The molecule has 2 aliphatic heterocycles. The molecule has 2 aromatic heterocycles. The van der Waals surface area contributed by atoms with Gasteiger partial charge in [-0.3, -0.25) is 14.4 Å². The lowest BCUT2D eigenvalue weighted by molar-refractivity contribution is -0.129. The van der Waals surface area contributed by atoms with Crippen molar-refractivity contribution in [1.29, 1.82) is 0 Å². The van der Waals surface area contributed by atoms with E-state index in [9.17, 15) is 14.4 Å². The second kappa shape index (κ2) is 11.1. The Labute approximate surface area is 231 Å². The first kappa shape index (κ1) is 26.7. The van der Waals surface area contributed by atoms with Crippen molar-refractivity contribution in [2.75, 3.05) is 43.0 Å². The molecule has 39 heavy (non-hydrogen) atoms. The molecule has 5 rings (SSSR count). The van der Waals surface area contributed by atoms with Crippen molar-refractivity contribution in [1.82, 2.24) is 24.1 Å². The van der Waals surface area contributed by atoms with E-state index in [1.807, 2.05) is 30.0 Å². The Morgan fingerprint density at radius 1 is 1.18 bits per heavy atom. The SMILES string of the molecule is CCc1ccc(NC(=O)Cn2c(C)c(N3CCN(C(C)=O)CC3)c(=O)n3nc(C4=CCCCO4)nc23)cc1Cl. The fourth-order valence-corrected chi connectivity index (χ4v) is 5.33. The summed E-state index contributed by atoms with van der Waals surface area (Å²) in [5.41, 5.74) is 2.28. The van der Waals surface area contributed by atoms with Gasteiger partial charge in [0.15, 0.2) is 5.76 Å². The van der Waals surface area contributed by atoms with E-state index < -0.39 is 0 Å². The molecule has 1 N–H and O–H groups in total. The number of amides is 2. The third-order valence-corrected chi connectivity index (χ3v) is 7.54. The van der Waals surface area contributed by atoms with E-state index in [1.165, 1.54) is 4.52 Å². The highest BCUT2D eigenvalue weighted by atomic mass is 35.5. The molecule has 2 aliphatic rings. The lowest BCUT2D eigenvalue weighted by atomic mass is 10.1. The lowest BCUT2D eigenvalue weighted by Crippen LogP contribution is -2.50. The van der Waals surface area contributed by atoms with Gasteiger partial charge in [-0.05, 0) is 50.0 Å². The van der Waals surface area contributed by atoms with Gasteiger partial charge < -0.3 is 24.4 Å². The summed E-state index contributed by atoms with van der Waals surface area (Å²) >= 11 is 6.35. The maximum Gasteiger partial charge on any atom is 0.299 e. The molecule has 0 bridgehead atoms. The third-order valence-electron chi connectivity index (χ3n) is 7.19. The summed E-state index contributed by atoms with van der Waals surface area (Å²) in [4.78, 5) is 47.1. The highest BCUT2D eigenvalue weighted by molar-refractivity contribution is 6.31. The van der Waals surface area contributed by atoms with Gasteiger partial charge in [0.25, 0.3) is 5.56 Å². The number of carbonyl (C=O) groups excluding carboxylic acids is 2. The molecule has 1 saturated heterocycles. The molecule has 0 saturated carbocycles. The van der Waals surface area contributed by atoms with E-state index >= 15 is 0 Å². The second-order valence-electron chi connectivity index (χ2n) is 9.73. The van der Waals surface area contributed by atoms with Crippen LogP contribution in [0.25, 0.3) is 11.5 Å². The fraction of sp³-hybridized carbons (Fsp3) is 0.444. The number of benzene rings is 1. The zero-order chi connectivity index (χ0) is 27.7. The molecular weight excluding hydrogens is 522 g/mol. The van der Waals surface area contributed by atoms with Gasteiger partial charge in [-0.25, -0.2) is 0 Å². The van der Waals surface area contributed by atoms with E-state index in [0.29, 0.717) is 66.5 Å². The van der Waals surface area contributed by atoms with Crippen LogP contribution in [-0.2, 0) is 27.3 Å². The van der Waals surface area contributed by atoms with Crippen LogP contribution in [0.5, 0.6) is 0 Å². The molecule has 0 spiro atoms. The number of nitrogens with zero attached hydrogens (tertiary/aromatic N) is 6. The molecule has 12 heteroatoms. The molecule has 0 radical (unpaired) electrons. The van der Waals surface area contributed by atoms with E-state index in [1.54, 1.807) is 29.4 Å². The van der Waals surface area contributed by atoms with Crippen molar-refractivity contribution in [3.05, 3.63) is 56.7 Å². The number of aryl methyl sites for hydroxylation is 1. The molecule has 0 atom stereocenters. The molecule has 1 aromatic carbocycles. The first-order chi connectivity index (χ1) is 18.8. The number of allylic oxidation sites excluding steroid dienone is 1. The number of ether oxygens (including phenoxy) is 1. The number of halogens is 1. The molecule has 206 valence electrons. The summed E-state index contributed by atoms with van der Waals surface area (Å²) in [5.74, 6) is 0.794. The average Bonchev–Trinajstić information content (AvgIpc) is 3.38. The van der Waals surface area contributed by atoms with Crippen LogP contribution in [0.1, 0.15) is 43.8 Å². The first-order valence-electron chi connectivity index (χ1n) is 13.2. The van der Waals surface area contributed by atoms with Gasteiger partial charge in [0.2, 0.25) is 23.4 Å². The predicted octanol–water partition coefficient (Wildman–Crippen LogP) is 2.87. The molecule has 0 unspecified atom stereocenters. The largest absolute Gasteiger partial charge is 0.490 e. The van der Waals surface area contributed by atoms with E-state index in [0.717, 1.165) is 24.8 Å². The molecule has 3 aromatic rings. The number of hydrogen-bond acceptors (Lipinski definition) is 7. The number of aromatic nitrogens is 4. The van der Waals surface area contributed by atoms with Gasteiger partial charge in [0.05, 0.1) is 6.61 Å². The van der Waals surface area contributed by atoms with E-state index in [4.69, 9.17) is 16.3 Å². The average molecular weight is 554 g/mol. The molecule has 11 nitrogen and oxygen atoms in total. The number of carbonyl (C=O) groups is 2. The maximum absolute atomic E-state index is 13.7. The quantitative estimate of drug-likeness (QED) is 0.499. The topological polar surface area (TPSA) is 114 Å². The monoisotopic (exact) mass is 553 g/mol. The molecule has 4 heterocycles. The van der Waals surface area contributed by atoms with Gasteiger partial charge in [-0.2, -0.15) is 9.50 Å². The van der Waals surface area contributed by atoms with Crippen LogP contribution >= 0.6 is 11.6 Å². The highest BCUT2D eigenvalue weighted by Gasteiger charge is 2.27. The highest BCUT2D eigenvalue weighted by Crippen LogP contribution is 2.24. The number of fused-ring (bicyclic) bond motifs is 1. The number of hydrogen-bond donors (Lipinski definition) is 1. The number of piperazine rings is 1. The molecular formula is C27H32ClN7O4. The van der Waals surface area contributed by atoms with Crippen LogP contribution < -0.4 is 15.8 Å². The van der Waals surface area contributed by atoms with Crippen molar-refractivity contribution < 1.29 is 14.3 Å². The van der Waals surface area contributed by atoms with Crippen LogP contribution in [-0.4, -0.2) is 68.7 Å². The zero-order valence-electron chi connectivity index (χ0n) is 22.4. The van der Waals surface area contributed by atoms with Crippen LogP contribution in [0.3, 0.4) is 0 Å². The Bertz CT molecular complexity index is 1520. The minimum absolute atomic E-state index is 0.00431. The summed E-state index contributed by atoms with van der Waals surface area (Å²) in [6, 6.07) is 5.44. The maximum atomic E-state index is 13.7. The van der Waals surface area contributed by atoms with Crippen molar-refractivity contribution in [2.45, 2.75) is 46.6 Å². The molecule has 1 fully saturated rings. The van der Waals surface area contributed by atoms with Gasteiger partial charge in [-0.1, -0.05) is 24.6 Å². The smallest absolute Gasteiger partial charge is 0.299 e. The Hall–Kier alpha value is -3.86. The fourth-order valence-electron chi connectivity index (χ4n) is 5.02. The molecule has 0 aliphatic carbocycles. The third kappa shape index (κ3) is 5.36. The van der Waals surface area contributed by atoms with Crippen LogP contribution in [0.15, 0.2) is 29.1 Å². The number of nitrogens with one attached hydrogen (secondary N) is 1. The van der Waals surface area contributed by atoms with Gasteiger partial charge >= 0.3 is 0 Å². The summed E-state index contributed by atoms with van der Waals surface area (Å²) in [6.45, 7) is 7.81. The Kier molecular flexibility index (Phi) is 7.60. The van der Waals surface area contributed by atoms with Gasteiger partial charge in [0, 0.05) is 49.5 Å². The summed E-state index contributed by atoms with van der Waals surface area (Å²) < 4.78 is 8.69. The molecule has 2 amide bonds. The van der Waals surface area contributed by atoms with Gasteiger partial charge in [-0.15, -0.1) is 5.10 Å². The summed E-state index contributed by atoms with van der Waals surface area (Å²) in [5, 5.41) is 7.99. The normalized spacial score (nSPS) is 15.7.